The molecule has 0 fully saturated rings. The van der Waals surface area contributed by atoms with Crippen LogP contribution in [0.3, 0.4) is 0 Å². The first-order chi connectivity index (χ1) is 9.81. The van der Waals surface area contributed by atoms with Gasteiger partial charge in [0.2, 0.25) is 0 Å². The molecule has 0 radical (unpaired) electrons. The molecule has 2 N–H and O–H groups in total. The van der Waals surface area contributed by atoms with Gasteiger partial charge in [-0.25, -0.2) is 0 Å². The highest BCUT2D eigenvalue weighted by Crippen LogP contribution is 2.21. The zero-order valence-corrected chi connectivity index (χ0v) is 12.3. The van der Waals surface area contributed by atoms with Gasteiger partial charge in [0.25, 0.3) is 0 Å². The molecule has 2 heterocycles. The number of halogens is 1. The molecule has 3 rings (SSSR count). The maximum absolute atomic E-state index is 4.15. The Morgan fingerprint density at radius 1 is 1.15 bits per heavy atom. The maximum atomic E-state index is 4.15. The number of benzene rings is 1. The zero-order chi connectivity index (χ0) is 13.8. The Balaban J connectivity index is 1.73. The number of H-pyrrole nitrogens is 1. The van der Waals surface area contributed by atoms with E-state index >= 15 is 0 Å². The predicted molar refractivity (Wildman–Crippen MR) is 83.3 cm³/mol. The van der Waals surface area contributed by atoms with Crippen molar-refractivity contribution in [3.8, 4) is 11.3 Å². The molecule has 100 valence electrons. The fourth-order valence-corrected chi connectivity index (χ4v) is 2.38. The predicted octanol–water partition coefficient (Wildman–Crippen LogP) is 3.85. The van der Waals surface area contributed by atoms with Crippen molar-refractivity contribution in [3.05, 3.63) is 65.0 Å². The molecule has 4 nitrogen and oxygen atoms in total. The zero-order valence-electron chi connectivity index (χ0n) is 10.7. The van der Waals surface area contributed by atoms with Crippen molar-refractivity contribution < 1.29 is 0 Å². The maximum Gasteiger partial charge on any atom is 0.0650 e. The largest absolute Gasteiger partial charge is 0.381 e. The molecule has 0 atom stereocenters. The van der Waals surface area contributed by atoms with E-state index in [1.165, 1.54) is 0 Å². The number of hydrogen-bond donors (Lipinski definition) is 2. The Bertz CT molecular complexity index is 695. The fourth-order valence-electron chi connectivity index (χ4n) is 1.97. The lowest BCUT2D eigenvalue weighted by molar-refractivity contribution is 1.09. The van der Waals surface area contributed by atoms with Crippen LogP contribution in [0.2, 0.25) is 0 Å². The van der Waals surface area contributed by atoms with Gasteiger partial charge in [-0.3, -0.25) is 10.1 Å². The monoisotopic (exact) mass is 328 g/mol. The van der Waals surface area contributed by atoms with E-state index in [-0.39, 0.29) is 0 Å². The molecule has 2 aromatic heterocycles. The minimum Gasteiger partial charge on any atom is -0.381 e. The first kappa shape index (κ1) is 12.9. The minimum absolute atomic E-state index is 0.735. The van der Waals surface area contributed by atoms with E-state index in [2.05, 4.69) is 54.6 Å². The van der Waals surface area contributed by atoms with Crippen molar-refractivity contribution in [2.45, 2.75) is 6.54 Å². The summed E-state index contributed by atoms with van der Waals surface area (Å²) in [4.78, 5) is 4.15. The molecule has 0 saturated heterocycles. The van der Waals surface area contributed by atoms with Crippen molar-refractivity contribution in [1.82, 2.24) is 15.2 Å². The second-order valence-electron chi connectivity index (χ2n) is 4.42. The van der Waals surface area contributed by atoms with Crippen LogP contribution in [0.4, 0.5) is 5.69 Å². The number of anilines is 1. The van der Waals surface area contributed by atoms with Gasteiger partial charge in [-0.2, -0.15) is 5.10 Å². The molecule has 0 spiro atoms. The molecule has 5 heteroatoms. The molecular formula is C15H13BrN4. The van der Waals surface area contributed by atoms with Crippen LogP contribution < -0.4 is 5.32 Å². The summed E-state index contributed by atoms with van der Waals surface area (Å²) >= 11 is 3.42. The third-order valence-corrected chi connectivity index (χ3v) is 3.37. The van der Waals surface area contributed by atoms with Crippen LogP contribution in [0, 0.1) is 0 Å². The van der Waals surface area contributed by atoms with Gasteiger partial charge in [0.1, 0.15) is 0 Å². The van der Waals surface area contributed by atoms with Gasteiger partial charge in [-0.1, -0.05) is 12.1 Å². The lowest BCUT2D eigenvalue weighted by Crippen LogP contribution is -1.99. The highest BCUT2D eigenvalue weighted by molar-refractivity contribution is 9.10. The first-order valence-corrected chi connectivity index (χ1v) is 7.04. The van der Waals surface area contributed by atoms with Gasteiger partial charge in [0, 0.05) is 40.9 Å². The molecule has 0 aliphatic rings. The smallest absolute Gasteiger partial charge is 0.0650 e. The second-order valence-corrected chi connectivity index (χ2v) is 5.33. The molecule has 0 amide bonds. The third kappa shape index (κ3) is 3.05. The molecule has 20 heavy (non-hydrogen) atoms. The van der Waals surface area contributed by atoms with Gasteiger partial charge >= 0.3 is 0 Å². The molecule has 3 aromatic rings. The summed E-state index contributed by atoms with van der Waals surface area (Å²) in [6.07, 6.45) is 5.39. The van der Waals surface area contributed by atoms with Crippen LogP contribution in [0.5, 0.6) is 0 Å². The van der Waals surface area contributed by atoms with Crippen LogP contribution in [0.15, 0.2) is 59.5 Å². The highest BCUT2D eigenvalue weighted by Gasteiger charge is 2.01. The van der Waals surface area contributed by atoms with Gasteiger partial charge in [0.05, 0.1) is 5.69 Å². The van der Waals surface area contributed by atoms with Crippen LogP contribution in [0.25, 0.3) is 11.3 Å². The summed E-state index contributed by atoms with van der Waals surface area (Å²) in [6.45, 7) is 0.735. The Kier molecular flexibility index (Phi) is 3.78. The van der Waals surface area contributed by atoms with Crippen molar-refractivity contribution in [1.29, 1.82) is 0 Å². The van der Waals surface area contributed by atoms with Crippen LogP contribution in [0.1, 0.15) is 5.56 Å². The normalized spacial score (nSPS) is 10.4. The number of pyridine rings is 1. The number of aromatic nitrogens is 3. The highest BCUT2D eigenvalue weighted by atomic mass is 79.9. The number of nitrogens with zero attached hydrogens (tertiary/aromatic N) is 2. The Hall–Kier alpha value is -2.14. The Morgan fingerprint density at radius 3 is 2.90 bits per heavy atom. The SMILES string of the molecule is Brc1cncc(CNc2cccc(-c3ccn[nH]3)c2)c1. The third-order valence-electron chi connectivity index (χ3n) is 2.93. The van der Waals surface area contributed by atoms with Crippen molar-refractivity contribution in [2.24, 2.45) is 0 Å². The van der Waals surface area contributed by atoms with Crippen molar-refractivity contribution in [2.75, 3.05) is 5.32 Å². The first-order valence-electron chi connectivity index (χ1n) is 6.24. The van der Waals surface area contributed by atoms with Crippen molar-refractivity contribution in [3.63, 3.8) is 0 Å². The number of rotatable bonds is 4. The second kappa shape index (κ2) is 5.88. The summed E-state index contributed by atoms with van der Waals surface area (Å²) in [6, 6.07) is 12.2. The number of aromatic amines is 1. The van der Waals surface area contributed by atoms with Gasteiger partial charge in [0.15, 0.2) is 0 Å². The quantitative estimate of drug-likeness (QED) is 0.764. The van der Waals surface area contributed by atoms with E-state index in [0.717, 1.165) is 33.5 Å². The molecule has 0 saturated carbocycles. The topological polar surface area (TPSA) is 53.6 Å². The van der Waals surface area contributed by atoms with Gasteiger partial charge < -0.3 is 5.32 Å². The average Bonchev–Trinajstić information content (AvgIpc) is 3.00. The Labute approximate surface area is 125 Å². The Morgan fingerprint density at radius 2 is 2.10 bits per heavy atom. The lowest BCUT2D eigenvalue weighted by atomic mass is 10.1. The van der Waals surface area contributed by atoms with Crippen molar-refractivity contribution >= 4 is 21.6 Å². The number of nitrogens with one attached hydrogen (secondary N) is 2. The van der Waals surface area contributed by atoms with Gasteiger partial charge in [-0.15, -0.1) is 0 Å². The molecule has 0 unspecified atom stereocenters. The molecule has 0 bridgehead atoms. The van der Waals surface area contributed by atoms with E-state index in [1.54, 1.807) is 12.4 Å². The van der Waals surface area contributed by atoms with Crippen LogP contribution in [-0.4, -0.2) is 15.2 Å². The summed E-state index contributed by atoms with van der Waals surface area (Å²) in [5.74, 6) is 0. The van der Waals surface area contributed by atoms with E-state index in [4.69, 9.17) is 0 Å². The van der Waals surface area contributed by atoms with E-state index < -0.39 is 0 Å². The summed E-state index contributed by atoms with van der Waals surface area (Å²) in [5, 5.41) is 10.3. The number of hydrogen-bond acceptors (Lipinski definition) is 3. The fraction of sp³-hybridized carbons (Fsp3) is 0.0667. The van der Waals surface area contributed by atoms with E-state index in [9.17, 15) is 0 Å². The van der Waals surface area contributed by atoms with Crippen LogP contribution >= 0.6 is 15.9 Å². The minimum atomic E-state index is 0.735. The molecular weight excluding hydrogens is 316 g/mol. The van der Waals surface area contributed by atoms with Gasteiger partial charge in [-0.05, 0) is 45.8 Å². The van der Waals surface area contributed by atoms with E-state index in [0.29, 0.717) is 0 Å². The molecule has 1 aromatic carbocycles. The summed E-state index contributed by atoms with van der Waals surface area (Å²) in [7, 11) is 0. The molecule has 0 aliphatic carbocycles. The standard InChI is InChI=1S/C15H13BrN4/c16-13-6-11(8-17-10-13)9-18-14-3-1-2-12(7-14)15-4-5-19-20-15/h1-8,10,18H,9H2,(H,19,20). The van der Waals surface area contributed by atoms with E-state index in [1.807, 2.05) is 24.4 Å². The average molecular weight is 329 g/mol. The lowest BCUT2D eigenvalue weighted by Gasteiger charge is -2.08. The summed E-state index contributed by atoms with van der Waals surface area (Å²) in [5.41, 5.74) is 4.32. The van der Waals surface area contributed by atoms with Crippen LogP contribution in [-0.2, 0) is 6.54 Å². The summed E-state index contributed by atoms with van der Waals surface area (Å²) < 4.78 is 0.989. The molecule has 0 aliphatic heterocycles.